The zero-order valence-electron chi connectivity index (χ0n) is 5.00. The van der Waals surface area contributed by atoms with Gasteiger partial charge in [0.1, 0.15) is 16.7 Å². The summed E-state index contributed by atoms with van der Waals surface area (Å²) in [6.45, 7) is 0. The minimum absolute atomic E-state index is 0.0272. The summed E-state index contributed by atoms with van der Waals surface area (Å²) in [4.78, 5) is 7.13. The highest BCUT2D eigenvalue weighted by Crippen LogP contribution is 2.21. The summed E-state index contributed by atoms with van der Waals surface area (Å²) in [5.74, 6) is 0.234. The molecule has 1 heterocycles. The van der Waals surface area contributed by atoms with E-state index in [-0.39, 0.29) is 22.6 Å². The second-order valence-electron chi connectivity index (χ2n) is 1.67. The first kappa shape index (κ1) is 6.88. The van der Waals surface area contributed by atoms with Gasteiger partial charge in [-0.05, 0) is 0 Å². The first-order chi connectivity index (χ1) is 4.61. The Kier molecular flexibility index (Phi) is 1.50. The van der Waals surface area contributed by atoms with Gasteiger partial charge in [0.25, 0.3) is 0 Å². The number of nitrogens with two attached hydrogens (primary N) is 3. The predicted molar refractivity (Wildman–Crippen MR) is 40.3 cm³/mol. The smallest absolute Gasteiger partial charge is 0.224 e. The van der Waals surface area contributed by atoms with Crippen LogP contribution in [0.4, 0.5) is 17.6 Å². The van der Waals surface area contributed by atoms with Crippen molar-refractivity contribution >= 4 is 29.2 Å². The van der Waals surface area contributed by atoms with Crippen LogP contribution in [0.1, 0.15) is 0 Å². The lowest BCUT2D eigenvalue weighted by Gasteiger charge is -1.99. The van der Waals surface area contributed by atoms with Crippen molar-refractivity contribution in [1.29, 1.82) is 0 Å². The van der Waals surface area contributed by atoms with E-state index >= 15 is 0 Å². The Hall–Kier alpha value is -1.23. The second kappa shape index (κ2) is 2.18. The van der Waals surface area contributed by atoms with E-state index in [0.29, 0.717) is 0 Å². The van der Waals surface area contributed by atoms with Crippen molar-refractivity contribution in [3.63, 3.8) is 0 Å². The molecule has 0 unspecified atom stereocenters. The maximum Gasteiger partial charge on any atom is 0.224 e. The molecule has 6 N–H and O–H groups in total. The molecule has 0 amide bonds. The number of nitrogen functional groups attached to an aromatic ring is 3. The van der Waals surface area contributed by atoms with Crippen molar-refractivity contribution in [3.05, 3.63) is 5.02 Å². The molecule has 1 rings (SSSR count). The van der Waals surface area contributed by atoms with E-state index in [1.165, 1.54) is 0 Å². The molecule has 0 aliphatic carbocycles. The van der Waals surface area contributed by atoms with Gasteiger partial charge in [-0.2, -0.15) is 9.97 Å². The van der Waals surface area contributed by atoms with E-state index in [2.05, 4.69) is 9.97 Å². The summed E-state index contributed by atoms with van der Waals surface area (Å²) < 4.78 is 0. The van der Waals surface area contributed by atoms with Gasteiger partial charge < -0.3 is 17.2 Å². The topological polar surface area (TPSA) is 104 Å². The SMILES string of the molecule is Nc1nc(N)c(Cl)c(N)n1. The molecule has 0 atom stereocenters. The lowest BCUT2D eigenvalue weighted by atomic mass is 10.5. The van der Waals surface area contributed by atoms with Crippen molar-refractivity contribution in [1.82, 2.24) is 9.97 Å². The summed E-state index contributed by atoms with van der Waals surface area (Å²) >= 11 is 5.52. The van der Waals surface area contributed by atoms with Crippen molar-refractivity contribution in [2.24, 2.45) is 0 Å². The van der Waals surface area contributed by atoms with E-state index in [0.717, 1.165) is 0 Å². The van der Waals surface area contributed by atoms with Gasteiger partial charge in [-0.1, -0.05) is 11.6 Å². The summed E-state index contributed by atoms with van der Waals surface area (Å²) in [6, 6.07) is 0. The molecule has 0 bridgehead atoms. The van der Waals surface area contributed by atoms with E-state index < -0.39 is 0 Å². The molecular formula is C4H6ClN5. The fourth-order valence-corrected chi connectivity index (χ4v) is 0.586. The van der Waals surface area contributed by atoms with Crippen LogP contribution in [0.2, 0.25) is 5.02 Å². The van der Waals surface area contributed by atoms with Gasteiger partial charge in [0.15, 0.2) is 0 Å². The number of rotatable bonds is 0. The molecule has 0 radical (unpaired) electrons. The molecule has 0 spiro atoms. The highest BCUT2D eigenvalue weighted by atomic mass is 35.5. The Labute approximate surface area is 62.2 Å². The maximum absolute atomic E-state index is 5.52. The first-order valence-corrected chi connectivity index (χ1v) is 2.83. The largest absolute Gasteiger partial charge is 0.382 e. The van der Waals surface area contributed by atoms with Gasteiger partial charge in [0.05, 0.1) is 0 Å². The third-order valence-electron chi connectivity index (χ3n) is 0.920. The van der Waals surface area contributed by atoms with Gasteiger partial charge in [0.2, 0.25) is 5.95 Å². The number of hydrogen-bond acceptors (Lipinski definition) is 5. The van der Waals surface area contributed by atoms with Crippen LogP contribution in [-0.2, 0) is 0 Å². The molecule has 5 nitrogen and oxygen atoms in total. The average Bonchev–Trinajstić information content (AvgIpc) is 1.82. The fourth-order valence-electron chi connectivity index (χ4n) is 0.501. The van der Waals surface area contributed by atoms with Gasteiger partial charge in [-0.3, -0.25) is 0 Å². The summed E-state index contributed by atoms with van der Waals surface area (Å²) in [5.41, 5.74) is 15.7. The Morgan fingerprint density at radius 3 is 1.80 bits per heavy atom. The van der Waals surface area contributed by atoms with Gasteiger partial charge >= 0.3 is 0 Å². The van der Waals surface area contributed by atoms with E-state index in [4.69, 9.17) is 28.8 Å². The zero-order valence-corrected chi connectivity index (χ0v) is 5.76. The molecule has 54 valence electrons. The molecule has 0 aliphatic rings. The van der Waals surface area contributed by atoms with E-state index in [1.54, 1.807) is 0 Å². The van der Waals surface area contributed by atoms with Crippen LogP contribution in [0.5, 0.6) is 0 Å². The lowest BCUT2D eigenvalue weighted by Crippen LogP contribution is -2.03. The van der Waals surface area contributed by atoms with Gasteiger partial charge in [-0.15, -0.1) is 0 Å². The monoisotopic (exact) mass is 159 g/mol. The number of halogens is 1. The van der Waals surface area contributed by atoms with Crippen molar-refractivity contribution in [2.75, 3.05) is 17.2 Å². The van der Waals surface area contributed by atoms with Crippen LogP contribution in [0.25, 0.3) is 0 Å². The molecule has 10 heavy (non-hydrogen) atoms. The lowest BCUT2D eigenvalue weighted by molar-refractivity contribution is 1.20. The zero-order chi connectivity index (χ0) is 7.72. The van der Waals surface area contributed by atoms with Crippen LogP contribution in [0.15, 0.2) is 0 Å². The van der Waals surface area contributed by atoms with Crippen LogP contribution in [0.3, 0.4) is 0 Å². The van der Waals surface area contributed by atoms with Gasteiger partial charge in [0, 0.05) is 0 Å². The molecule has 0 saturated heterocycles. The van der Waals surface area contributed by atoms with Crippen LogP contribution in [0, 0.1) is 0 Å². The van der Waals surface area contributed by atoms with E-state index in [9.17, 15) is 0 Å². The predicted octanol–water partition coefficient (Wildman–Crippen LogP) is -0.123. The number of aromatic nitrogens is 2. The Morgan fingerprint density at radius 2 is 1.40 bits per heavy atom. The minimum atomic E-state index is 0.0272. The normalized spacial score (nSPS) is 9.70. The van der Waals surface area contributed by atoms with Crippen molar-refractivity contribution in [2.45, 2.75) is 0 Å². The van der Waals surface area contributed by atoms with Crippen LogP contribution >= 0.6 is 11.6 Å². The van der Waals surface area contributed by atoms with Crippen molar-refractivity contribution in [3.8, 4) is 0 Å². The molecule has 1 aromatic rings. The Balaban J connectivity index is 3.31. The summed E-state index contributed by atoms with van der Waals surface area (Å²) in [7, 11) is 0. The molecule has 0 saturated carbocycles. The van der Waals surface area contributed by atoms with Crippen LogP contribution < -0.4 is 17.2 Å². The summed E-state index contributed by atoms with van der Waals surface area (Å²) in [6.07, 6.45) is 0. The fraction of sp³-hybridized carbons (Fsp3) is 0. The first-order valence-electron chi connectivity index (χ1n) is 2.45. The maximum atomic E-state index is 5.52. The average molecular weight is 160 g/mol. The molecule has 6 heteroatoms. The Morgan fingerprint density at radius 1 is 1.00 bits per heavy atom. The second-order valence-corrected chi connectivity index (χ2v) is 2.04. The third kappa shape index (κ3) is 1.03. The molecular weight excluding hydrogens is 154 g/mol. The highest BCUT2D eigenvalue weighted by Gasteiger charge is 2.03. The Bertz CT molecular complexity index is 237. The molecule has 0 aliphatic heterocycles. The number of nitrogens with zero attached hydrogens (tertiary/aromatic N) is 2. The number of hydrogen-bond donors (Lipinski definition) is 3. The quantitative estimate of drug-likeness (QED) is 0.490. The standard InChI is InChI=1S/C4H6ClN5/c5-1-2(6)9-4(8)10-3(1)7/h(H6,6,7,8,9,10). The third-order valence-corrected chi connectivity index (χ3v) is 1.31. The van der Waals surface area contributed by atoms with Gasteiger partial charge in [-0.25, -0.2) is 0 Å². The highest BCUT2D eigenvalue weighted by molar-refractivity contribution is 6.35. The summed E-state index contributed by atoms with van der Waals surface area (Å²) in [5, 5.41) is 0.147. The van der Waals surface area contributed by atoms with Crippen molar-refractivity contribution < 1.29 is 0 Å². The molecule has 0 aromatic carbocycles. The number of anilines is 3. The molecule has 0 fully saturated rings. The van der Waals surface area contributed by atoms with Crippen LogP contribution in [-0.4, -0.2) is 9.97 Å². The van der Waals surface area contributed by atoms with E-state index in [1.807, 2.05) is 0 Å². The minimum Gasteiger partial charge on any atom is -0.382 e. The molecule has 1 aromatic heterocycles.